The Balaban J connectivity index is 1.33. The highest BCUT2D eigenvalue weighted by Gasteiger charge is 2.25. The molecule has 28 heavy (non-hydrogen) atoms. The first-order chi connectivity index (χ1) is 13.7. The number of nitrogens with one attached hydrogen (secondary N) is 1. The molecule has 0 spiro atoms. The van der Waals surface area contributed by atoms with Crippen LogP contribution in [-0.2, 0) is 11.3 Å². The second-order valence-corrected chi connectivity index (χ2v) is 6.89. The zero-order valence-corrected chi connectivity index (χ0v) is 15.7. The van der Waals surface area contributed by atoms with E-state index in [0.717, 1.165) is 42.9 Å². The largest absolute Gasteiger partial charge is 0.357 e. The summed E-state index contributed by atoms with van der Waals surface area (Å²) in [5.41, 5.74) is 1.85. The summed E-state index contributed by atoms with van der Waals surface area (Å²) in [6.07, 6.45) is 6.84. The average Bonchev–Trinajstić information content (AvgIpc) is 3.19. The Morgan fingerprint density at radius 3 is 2.86 bits per heavy atom. The molecule has 3 aromatic heterocycles. The van der Waals surface area contributed by atoms with E-state index >= 15 is 0 Å². The van der Waals surface area contributed by atoms with E-state index < -0.39 is 0 Å². The van der Waals surface area contributed by atoms with Crippen LogP contribution in [0.2, 0.25) is 0 Å². The van der Waals surface area contributed by atoms with Crippen molar-refractivity contribution in [1.29, 1.82) is 0 Å². The van der Waals surface area contributed by atoms with Crippen LogP contribution in [0, 0.1) is 12.8 Å². The fraction of sp³-hybridized carbons (Fsp3) is 0.350. The molecule has 0 bridgehead atoms. The average molecular weight is 378 g/mol. The monoisotopic (exact) mass is 378 g/mol. The van der Waals surface area contributed by atoms with E-state index in [1.807, 2.05) is 24.3 Å². The molecule has 0 aliphatic carbocycles. The van der Waals surface area contributed by atoms with Gasteiger partial charge >= 0.3 is 0 Å². The van der Waals surface area contributed by atoms with E-state index in [4.69, 9.17) is 4.52 Å². The highest BCUT2D eigenvalue weighted by atomic mass is 16.5. The van der Waals surface area contributed by atoms with Crippen LogP contribution in [0.1, 0.15) is 24.2 Å². The molecule has 1 aliphatic rings. The zero-order chi connectivity index (χ0) is 19.3. The molecule has 4 rings (SSSR count). The Hall–Kier alpha value is -3.29. The maximum atomic E-state index is 12.5. The molecule has 0 saturated carbocycles. The van der Waals surface area contributed by atoms with Crippen molar-refractivity contribution in [1.82, 2.24) is 25.4 Å². The summed E-state index contributed by atoms with van der Waals surface area (Å²) in [4.78, 5) is 27.5. The Labute approximate surface area is 163 Å². The van der Waals surface area contributed by atoms with Gasteiger partial charge in [0.2, 0.25) is 5.91 Å². The molecule has 1 fully saturated rings. The Kier molecular flexibility index (Phi) is 5.27. The number of aryl methyl sites for hydroxylation is 1. The van der Waals surface area contributed by atoms with Gasteiger partial charge < -0.3 is 14.7 Å². The third-order valence-electron chi connectivity index (χ3n) is 4.90. The van der Waals surface area contributed by atoms with Crippen molar-refractivity contribution in [3.05, 3.63) is 54.2 Å². The molecule has 144 valence electrons. The molecule has 1 aliphatic heterocycles. The predicted molar refractivity (Wildman–Crippen MR) is 103 cm³/mol. The molecule has 1 amide bonds. The third-order valence-corrected chi connectivity index (χ3v) is 4.90. The maximum absolute atomic E-state index is 12.5. The van der Waals surface area contributed by atoms with E-state index in [0.29, 0.717) is 18.3 Å². The van der Waals surface area contributed by atoms with Crippen LogP contribution in [0.3, 0.4) is 0 Å². The number of carbonyl (C=O) groups is 1. The molecule has 4 heterocycles. The smallest absolute Gasteiger partial charge is 0.258 e. The highest BCUT2D eigenvalue weighted by Crippen LogP contribution is 2.25. The van der Waals surface area contributed by atoms with Crippen LogP contribution >= 0.6 is 0 Å². The number of hydrogen-bond donors (Lipinski definition) is 1. The number of amides is 1. The third kappa shape index (κ3) is 4.16. The minimum atomic E-state index is 0.0229. The van der Waals surface area contributed by atoms with Crippen molar-refractivity contribution in [3.63, 3.8) is 0 Å². The molecular weight excluding hydrogens is 356 g/mol. The standard InChI is InChI=1S/C20H22N6O2/c1-14-24-20(28-25-14)17-4-8-22-18(11-17)26-9-5-16(6-10-26)19(27)23-13-15-3-2-7-21-12-15/h2-4,7-8,11-12,16H,5-6,9-10,13H2,1H3,(H,23,27). The fourth-order valence-electron chi connectivity index (χ4n) is 3.35. The summed E-state index contributed by atoms with van der Waals surface area (Å²) in [7, 11) is 0. The van der Waals surface area contributed by atoms with Crippen molar-refractivity contribution >= 4 is 11.7 Å². The van der Waals surface area contributed by atoms with Gasteiger partial charge in [-0.1, -0.05) is 11.2 Å². The summed E-state index contributed by atoms with van der Waals surface area (Å²) >= 11 is 0. The number of nitrogens with zero attached hydrogens (tertiary/aromatic N) is 5. The van der Waals surface area contributed by atoms with Crippen LogP contribution in [0.4, 0.5) is 5.82 Å². The SMILES string of the molecule is Cc1noc(-c2ccnc(N3CCC(C(=O)NCc4cccnc4)CC3)c2)n1. The first-order valence-electron chi connectivity index (χ1n) is 9.37. The van der Waals surface area contributed by atoms with Gasteiger partial charge in [-0.05, 0) is 43.5 Å². The lowest BCUT2D eigenvalue weighted by molar-refractivity contribution is -0.125. The van der Waals surface area contributed by atoms with Crippen molar-refractivity contribution in [2.24, 2.45) is 5.92 Å². The second-order valence-electron chi connectivity index (χ2n) is 6.89. The molecular formula is C20H22N6O2. The molecule has 8 nitrogen and oxygen atoms in total. The molecule has 0 radical (unpaired) electrons. The molecule has 0 aromatic carbocycles. The summed E-state index contributed by atoms with van der Waals surface area (Å²) in [6.45, 7) is 3.87. The van der Waals surface area contributed by atoms with Gasteiger partial charge in [-0.15, -0.1) is 0 Å². The van der Waals surface area contributed by atoms with E-state index in [-0.39, 0.29) is 11.8 Å². The van der Waals surface area contributed by atoms with Gasteiger partial charge in [0.05, 0.1) is 0 Å². The van der Waals surface area contributed by atoms with Gasteiger partial charge in [-0.3, -0.25) is 9.78 Å². The lowest BCUT2D eigenvalue weighted by Crippen LogP contribution is -2.40. The molecule has 3 aromatic rings. The highest BCUT2D eigenvalue weighted by molar-refractivity contribution is 5.79. The van der Waals surface area contributed by atoms with Crippen molar-refractivity contribution in [2.75, 3.05) is 18.0 Å². The minimum Gasteiger partial charge on any atom is -0.357 e. The van der Waals surface area contributed by atoms with Gasteiger partial charge in [-0.25, -0.2) is 4.98 Å². The van der Waals surface area contributed by atoms with Crippen LogP contribution in [-0.4, -0.2) is 39.1 Å². The van der Waals surface area contributed by atoms with Gasteiger partial charge in [0, 0.05) is 49.7 Å². The van der Waals surface area contributed by atoms with Crippen molar-refractivity contribution < 1.29 is 9.32 Å². The quantitative estimate of drug-likeness (QED) is 0.728. The van der Waals surface area contributed by atoms with E-state index in [1.165, 1.54) is 0 Å². The van der Waals surface area contributed by atoms with Gasteiger partial charge in [0.25, 0.3) is 5.89 Å². The Morgan fingerprint density at radius 2 is 2.14 bits per heavy atom. The minimum absolute atomic E-state index is 0.0229. The Morgan fingerprint density at radius 1 is 1.29 bits per heavy atom. The normalized spacial score (nSPS) is 14.8. The molecule has 8 heteroatoms. The lowest BCUT2D eigenvalue weighted by Gasteiger charge is -2.32. The van der Waals surface area contributed by atoms with Crippen LogP contribution < -0.4 is 10.2 Å². The number of carbonyl (C=O) groups excluding carboxylic acids is 1. The lowest BCUT2D eigenvalue weighted by atomic mass is 9.95. The van der Waals surface area contributed by atoms with E-state index in [2.05, 4.69) is 30.3 Å². The topological polar surface area (TPSA) is 97.0 Å². The van der Waals surface area contributed by atoms with Gasteiger partial charge in [0.15, 0.2) is 5.82 Å². The van der Waals surface area contributed by atoms with Crippen molar-refractivity contribution in [3.8, 4) is 11.5 Å². The van der Waals surface area contributed by atoms with Gasteiger partial charge in [-0.2, -0.15) is 4.98 Å². The number of hydrogen-bond acceptors (Lipinski definition) is 7. The molecule has 1 N–H and O–H groups in total. The van der Waals surface area contributed by atoms with Crippen LogP contribution in [0.15, 0.2) is 47.4 Å². The fourth-order valence-corrected chi connectivity index (χ4v) is 3.35. The van der Waals surface area contributed by atoms with Crippen LogP contribution in [0.25, 0.3) is 11.5 Å². The zero-order valence-electron chi connectivity index (χ0n) is 15.7. The summed E-state index contributed by atoms with van der Waals surface area (Å²) in [5.74, 6) is 2.08. The number of aromatic nitrogens is 4. The van der Waals surface area contributed by atoms with E-state index in [1.54, 1.807) is 25.5 Å². The first-order valence-corrected chi connectivity index (χ1v) is 9.37. The molecule has 0 unspecified atom stereocenters. The molecule has 1 saturated heterocycles. The first kappa shape index (κ1) is 18.1. The predicted octanol–water partition coefficient (Wildman–Crippen LogP) is 2.37. The van der Waals surface area contributed by atoms with Gasteiger partial charge in [0.1, 0.15) is 5.82 Å². The number of rotatable bonds is 5. The number of pyridine rings is 2. The molecule has 0 atom stereocenters. The second kappa shape index (κ2) is 8.16. The van der Waals surface area contributed by atoms with E-state index in [9.17, 15) is 4.79 Å². The Bertz CT molecular complexity index is 935. The summed E-state index contributed by atoms with van der Waals surface area (Å²) in [6, 6.07) is 7.64. The maximum Gasteiger partial charge on any atom is 0.258 e. The number of anilines is 1. The van der Waals surface area contributed by atoms with Crippen molar-refractivity contribution in [2.45, 2.75) is 26.3 Å². The summed E-state index contributed by atoms with van der Waals surface area (Å²) in [5, 5.41) is 6.85. The van der Waals surface area contributed by atoms with Crippen LogP contribution in [0.5, 0.6) is 0 Å². The number of piperidine rings is 1. The summed E-state index contributed by atoms with van der Waals surface area (Å²) < 4.78 is 5.24.